The number of hydrogen-bond donors (Lipinski definition) is 1. The van der Waals surface area contributed by atoms with E-state index in [1.54, 1.807) is 6.07 Å². The molecular formula is C20H12O3. The highest BCUT2D eigenvalue weighted by Gasteiger charge is 2.14. The number of fused-ring (bicyclic) bond motifs is 4. The monoisotopic (exact) mass is 300 g/mol. The molecule has 5 rings (SSSR count). The molecule has 0 atom stereocenters. The summed E-state index contributed by atoms with van der Waals surface area (Å²) >= 11 is 0. The van der Waals surface area contributed by atoms with Crippen molar-refractivity contribution in [1.29, 1.82) is 0 Å². The number of furan rings is 2. The van der Waals surface area contributed by atoms with E-state index in [1.165, 1.54) is 0 Å². The Hall–Kier alpha value is -3.20. The number of aromatic hydroxyl groups is 1. The maximum absolute atomic E-state index is 10.5. The van der Waals surface area contributed by atoms with Crippen molar-refractivity contribution in [1.82, 2.24) is 0 Å². The molecule has 5 aromatic rings. The molecule has 0 aliphatic heterocycles. The van der Waals surface area contributed by atoms with Crippen LogP contribution in [0.1, 0.15) is 0 Å². The first-order chi connectivity index (χ1) is 11.3. The van der Waals surface area contributed by atoms with E-state index >= 15 is 0 Å². The van der Waals surface area contributed by atoms with Crippen molar-refractivity contribution in [2.75, 3.05) is 0 Å². The van der Waals surface area contributed by atoms with Gasteiger partial charge in [-0.05, 0) is 30.3 Å². The Kier molecular flexibility index (Phi) is 2.36. The fourth-order valence-electron chi connectivity index (χ4n) is 3.10. The predicted octanol–water partition coefficient (Wildman–Crippen LogP) is 5.70. The van der Waals surface area contributed by atoms with E-state index in [0.29, 0.717) is 11.3 Å². The van der Waals surface area contributed by atoms with E-state index in [1.807, 2.05) is 60.7 Å². The van der Waals surface area contributed by atoms with E-state index in [4.69, 9.17) is 8.83 Å². The van der Waals surface area contributed by atoms with Crippen molar-refractivity contribution in [3.63, 3.8) is 0 Å². The standard InChI is InChI=1S/C20H12O3/c21-15-9-13(18-10-12-5-1-3-7-16(12)22-18)11-19-20(15)14-6-2-4-8-17(14)23-19/h1-11,21H. The number of hydrogen-bond acceptors (Lipinski definition) is 3. The summed E-state index contributed by atoms with van der Waals surface area (Å²) < 4.78 is 11.7. The van der Waals surface area contributed by atoms with Gasteiger partial charge in [-0.2, -0.15) is 0 Å². The topological polar surface area (TPSA) is 46.5 Å². The molecule has 3 heteroatoms. The molecule has 0 radical (unpaired) electrons. The van der Waals surface area contributed by atoms with Crippen molar-refractivity contribution < 1.29 is 13.9 Å². The molecule has 0 bridgehead atoms. The third-order valence-corrected chi connectivity index (χ3v) is 4.17. The maximum atomic E-state index is 10.5. The van der Waals surface area contributed by atoms with Gasteiger partial charge in [0.1, 0.15) is 28.3 Å². The van der Waals surface area contributed by atoms with Gasteiger partial charge >= 0.3 is 0 Å². The van der Waals surface area contributed by atoms with Gasteiger partial charge in [0.25, 0.3) is 0 Å². The number of phenols is 1. The molecule has 0 unspecified atom stereocenters. The van der Waals surface area contributed by atoms with Gasteiger partial charge in [-0.1, -0.05) is 36.4 Å². The van der Waals surface area contributed by atoms with Crippen molar-refractivity contribution >= 4 is 32.9 Å². The molecule has 23 heavy (non-hydrogen) atoms. The van der Waals surface area contributed by atoms with Crippen molar-refractivity contribution in [3.05, 3.63) is 66.7 Å². The quantitative estimate of drug-likeness (QED) is 0.431. The Labute approximate surface area is 131 Å². The molecule has 0 spiro atoms. The highest BCUT2D eigenvalue weighted by molar-refractivity contribution is 6.09. The third-order valence-electron chi connectivity index (χ3n) is 4.17. The molecule has 0 saturated heterocycles. The Morgan fingerprint density at radius 2 is 1.48 bits per heavy atom. The molecular weight excluding hydrogens is 288 g/mol. The first kappa shape index (κ1) is 12.4. The first-order valence-corrected chi connectivity index (χ1v) is 7.43. The van der Waals surface area contributed by atoms with Crippen LogP contribution in [0.25, 0.3) is 44.2 Å². The van der Waals surface area contributed by atoms with Crippen LogP contribution in [0, 0.1) is 0 Å². The van der Waals surface area contributed by atoms with Gasteiger partial charge in [-0.25, -0.2) is 0 Å². The van der Waals surface area contributed by atoms with Gasteiger partial charge in [0, 0.05) is 16.3 Å². The van der Waals surface area contributed by atoms with Gasteiger partial charge in [-0.15, -0.1) is 0 Å². The lowest BCUT2D eigenvalue weighted by atomic mass is 10.1. The zero-order valence-corrected chi connectivity index (χ0v) is 12.1. The molecule has 2 heterocycles. The van der Waals surface area contributed by atoms with Crippen LogP contribution in [-0.2, 0) is 0 Å². The van der Waals surface area contributed by atoms with Crippen LogP contribution >= 0.6 is 0 Å². The van der Waals surface area contributed by atoms with E-state index in [0.717, 1.165) is 32.9 Å². The average molecular weight is 300 g/mol. The summed E-state index contributed by atoms with van der Waals surface area (Å²) in [5.74, 6) is 0.909. The molecule has 110 valence electrons. The molecule has 1 N–H and O–H groups in total. The first-order valence-electron chi connectivity index (χ1n) is 7.43. The lowest BCUT2D eigenvalue weighted by Gasteiger charge is -2.00. The van der Waals surface area contributed by atoms with E-state index in [9.17, 15) is 5.11 Å². The fraction of sp³-hybridized carbons (Fsp3) is 0. The molecule has 0 aliphatic rings. The number of para-hydroxylation sites is 2. The van der Waals surface area contributed by atoms with E-state index in [-0.39, 0.29) is 5.75 Å². The van der Waals surface area contributed by atoms with Gasteiger partial charge in [0.2, 0.25) is 0 Å². The van der Waals surface area contributed by atoms with E-state index < -0.39 is 0 Å². The van der Waals surface area contributed by atoms with Crippen LogP contribution in [0.2, 0.25) is 0 Å². The molecule has 0 saturated carbocycles. The van der Waals surface area contributed by atoms with Gasteiger partial charge in [0.05, 0.1) is 5.39 Å². The van der Waals surface area contributed by atoms with Crippen LogP contribution in [0.15, 0.2) is 75.6 Å². The second-order valence-corrected chi connectivity index (χ2v) is 5.62. The summed E-state index contributed by atoms with van der Waals surface area (Å²) in [6.07, 6.45) is 0. The minimum Gasteiger partial charge on any atom is -0.507 e. The van der Waals surface area contributed by atoms with Crippen LogP contribution < -0.4 is 0 Å². The number of rotatable bonds is 1. The minimum atomic E-state index is 0.197. The number of phenolic OH excluding ortho intramolecular Hbond substituents is 1. The Morgan fingerprint density at radius 3 is 2.35 bits per heavy atom. The lowest BCUT2D eigenvalue weighted by molar-refractivity contribution is 0.481. The van der Waals surface area contributed by atoms with Crippen LogP contribution in [-0.4, -0.2) is 5.11 Å². The van der Waals surface area contributed by atoms with E-state index in [2.05, 4.69) is 0 Å². The highest BCUT2D eigenvalue weighted by atomic mass is 16.3. The highest BCUT2D eigenvalue weighted by Crippen LogP contribution is 2.39. The summed E-state index contributed by atoms with van der Waals surface area (Å²) in [4.78, 5) is 0. The Balaban J connectivity index is 1.80. The molecule has 2 aromatic heterocycles. The minimum absolute atomic E-state index is 0.197. The molecule has 0 aliphatic carbocycles. The maximum Gasteiger partial charge on any atom is 0.139 e. The SMILES string of the molecule is Oc1cc(-c2cc3ccccc3o2)cc2oc3ccccc3c12. The fourth-order valence-corrected chi connectivity index (χ4v) is 3.10. The van der Waals surface area contributed by atoms with Crippen LogP contribution in [0.5, 0.6) is 5.75 Å². The molecule has 3 aromatic carbocycles. The van der Waals surface area contributed by atoms with Crippen molar-refractivity contribution in [2.45, 2.75) is 0 Å². The molecule has 0 fully saturated rings. The summed E-state index contributed by atoms with van der Waals surface area (Å²) in [6.45, 7) is 0. The second kappa shape index (κ2) is 4.40. The second-order valence-electron chi connectivity index (χ2n) is 5.62. The average Bonchev–Trinajstić information content (AvgIpc) is 3.15. The number of benzene rings is 3. The molecule has 3 nitrogen and oxygen atoms in total. The van der Waals surface area contributed by atoms with Crippen molar-refractivity contribution in [3.8, 4) is 17.1 Å². The summed E-state index contributed by atoms with van der Waals surface area (Å²) in [6, 6.07) is 21.1. The summed E-state index contributed by atoms with van der Waals surface area (Å²) in [5.41, 5.74) is 3.04. The lowest BCUT2D eigenvalue weighted by Crippen LogP contribution is -1.75. The largest absolute Gasteiger partial charge is 0.507 e. The summed E-state index contributed by atoms with van der Waals surface area (Å²) in [5, 5.41) is 13.2. The molecule has 0 amide bonds. The Bertz CT molecular complexity index is 1140. The Morgan fingerprint density at radius 1 is 0.696 bits per heavy atom. The van der Waals surface area contributed by atoms with Crippen LogP contribution in [0.4, 0.5) is 0 Å². The van der Waals surface area contributed by atoms with Gasteiger partial charge < -0.3 is 13.9 Å². The van der Waals surface area contributed by atoms with Crippen molar-refractivity contribution in [2.24, 2.45) is 0 Å². The van der Waals surface area contributed by atoms with Gasteiger partial charge in [0.15, 0.2) is 0 Å². The third kappa shape index (κ3) is 1.77. The zero-order chi connectivity index (χ0) is 15.4. The summed E-state index contributed by atoms with van der Waals surface area (Å²) in [7, 11) is 0. The zero-order valence-electron chi connectivity index (χ0n) is 12.1. The van der Waals surface area contributed by atoms with Gasteiger partial charge in [-0.3, -0.25) is 0 Å². The smallest absolute Gasteiger partial charge is 0.139 e. The normalized spacial score (nSPS) is 11.7. The predicted molar refractivity (Wildman–Crippen MR) is 90.6 cm³/mol. The van der Waals surface area contributed by atoms with Crippen LogP contribution in [0.3, 0.4) is 0 Å².